The summed E-state index contributed by atoms with van der Waals surface area (Å²) in [6.45, 7) is 7.18. The summed E-state index contributed by atoms with van der Waals surface area (Å²) < 4.78 is 20.3. The second-order valence-corrected chi connectivity index (χ2v) is 11.3. The van der Waals surface area contributed by atoms with Gasteiger partial charge in [-0.25, -0.2) is 14.4 Å². The fourth-order valence-electron chi connectivity index (χ4n) is 4.23. The van der Waals surface area contributed by atoms with E-state index in [-0.39, 0.29) is 24.2 Å². The summed E-state index contributed by atoms with van der Waals surface area (Å²) in [5, 5.41) is 8.30. The Labute approximate surface area is 264 Å². The van der Waals surface area contributed by atoms with Crippen molar-refractivity contribution >= 4 is 29.8 Å². The van der Waals surface area contributed by atoms with E-state index in [2.05, 4.69) is 20.7 Å². The Morgan fingerprint density at radius 2 is 1.47 bits per heavy atom. The molecule has 2 rings (SSSR count). The number of carbonyl (C=O) groups is 5. The highest BCUT2D eigenvalue weighted by atomic mass is 16.6. The van der Waals surface area contributed by atoms with E-state index in [1.165, 1.54) is 26.4 Å². The zero-order valence-corrected chi connectivity index (χ0v) is 26.9. The van der Waals surface area contributed by atoms with Crippen LogP contribution >= 0.6 is 0 Å². The average Bonchev–Trinajstić information content (AvgIpc) is 3.00. The van der Waals surface area contributed by atoms with Crippen LogP contribution in [0.5, 0.6) is 5.75 Å². The van der Waals surface area contributed by atoms with Crippen molar-refractivity contribution in [3.05, 3.63) is 65.2 Å². The van der Waals surface area contributed by atoms with Crippen LogP contribution in [0, 0.1) is 0 Å². The lowest BCUT2D eigenvalue weighted by Gasteiger charge is -2.25. The molecule has 0 heterocycles. The van der Waals surface area contributed by atoms with E-state index in [1.807, 2.05) is 37.3 Å². The molecule has 0 saturated carbocycles. The first-order valence-corrected chi connectivity index (χ1v) is 14.9. The van der Waals surface area contributed by atoms with Gasteiger partial charge in [-0.1, -0.05) is 56.2 Å². The summed E-state index contributed by atoms with van der Waals surface area (Å²) in [6, 6.07) is 11.6. The van der Waals surface area contributed by atoms with Crippen molar-refractivity contribution in [2.45, 2.75) is 77.5 Å². The molecule has 2 aromatic rings. The Bertz CT molecular complexity index is 1290. The van der Waals surface area contributed by atoms with Gasteiger partial charge in [0.1, 0.15) is 29.0 Å². The van der Waals surface area contributed by atoms with E-state index in [9.17, 15) is 24.0 Å². The lowest BCUT2D eigenvalue weighted by atomic mass is 10.0. The molecular weight excluding hydrogens is 582 g/mol. The predicted molar refractivity (Wildman–Crippen MR) is 167 cm³/mol. The normalized spacial score (nSPS) is 12.2. The number of ether oxygens (including phenoxy) is 4. The summed E-state index contributed by atoms with van der Waals surface area (Å²) in [6.07, 6.45) is 2.02. The van der Waals surface area contributed by atoms with Crippen LogP contribution in [0.2, 0.25) is 0 Å². The summed E-state index contributed by atoms with van der Waals surface area (Å²) in [7, 11) is 2.42. The van der Waals surface area contributed by atoms with Crippen LogP contribution < -0.4 is 20.7 Å². The number of nitrogens with one attached hydrogen (secondary N) is 3. The highest BCUT2D eigenvalue weighted by Gasteiger charge is 2.29. The van der Waals surface area contributed by atoms with Crippen LogP contribution in [0.4, 0.5) is 4.79 Å². The van der Waals surface area contributed by atoms with Gasteiger partial charge in [0.25, 0.3) is 0 Å². The van der Waals surface area contributed by atoms with Crippen molar-refractivity contribution in [2.75, 3.05) is 27.4 Å². The number of hydrogen-bond acceptors (Lipinski definition) is 9. The van der Waals surface area contributed by atoms with Crippen LogP contribution in [0.1, 0.15) is 68.4 Å². The van der Waals surface area contributed by atoms with E-state index in [4.69, 9.17) is 14.2 Å². The summed E-state index contributed by atoms with van der Waals surface area (Å²) >= 11 is 0. The lowest BCUT2D eigenvalue weighted by molar-refractivity contribution is -0.143. The molecule has 3 N–H and O–H groups in total. The first kappa shape index (κ1) is 36.6. The van der Waals surface area contributed by atoms with Crippen molar-refractivity contribution < 1.29 is 42.9 Å². The van der Waals surface area contributed by atoms with Gasteiger partial charge in [0.2, 0.25) is 11.8 Å². The molecule has 3 amide bonds. The van der Waals surface area contributed by atoms with E-state index >= 15 is 0 Å². The zero-order valence-electron chi connectivity index (χ0n) is 26.9. The summed E-state index contributed by atoms with van der Waals surface area (Å²) in [5.74, 6) is -2.29. The Balaban J connectivity index is 2.37. The van der Waals surface area contributed by atoms with Gasteiger partial charge in [-0.05, 0) is 50.5 Å². The van der Waals surface area contributed by atoms with Crippen LogP contribution in [0.3, 0.4) is 0 Å². The number of amides is 3. The maximum absolute atomic E-state index is 13.7. The molecule has 2 aromatic carbocycles. The van der Waals surface area contributed by atoms with E-state index in [0.29, 0.717) is 12.1 Å². The molecule has 0 aliphatic heterocycles. The molecule has 12 heteroatoms. The quantitative estimate of drug-likeness (QED) is 0.144. The van der Waals surface area contributed by atoms with E-state index in [1.54, 1.807) is 26.8 Å². The minimum Gasteiger partial charge on any atom is -0.481 e. The second-order valence-electron chi connectivity index (χ2n) is 11.3. The summed E-state index contributed by atoms with van der Waals surface area (Å²) in [4.78, 5) is 63.9. The molecule has 0 aliphatic carbocycles. The molecule has 2 atom stereocenters. The highest BCUT2D eigenvalue weighted by molar-refractivity contribution is 5.93. The third-order valence-electron chi connectivity index (χ3n) is 6.46. The molecule has 0 fully saturated rings. The maximum atomic E-state index is 13.7. The topological polar surface area (TPSA) is 158 Å². The number of esters is 2. The third kappa shape index (κ3) is 13.3. The monoisotopic (exact) mass is 627 g/mol. The van der Waals surface area contributed by atoms with Gasteiger partial charge in [0, 0.05) is 19.4 Å². The highest BCUT2D eigenvalue weighted by Crippen LogP contribution is 2.22. The Morgan fingerprint density at radius 1 is 0.800 bits per heavy atom. The smallest absolute Gasteiger partial charge is 0.408 e. The molecule has 0 spiro atoms. The molecule has 0 aromatic heterocycles. The molecule has 246 valence electrons. The lowest BCUT2D eigenvalue weighted by Crippen LogP contribution is -2.55. The average molecular weight is 628 g/mol. The van der Waals surface area contributed by atoms with Gasteiger partial charge in [-0.2, -0.15) is 0 Å². The Kier molecular flexibility index (Phi) is 14.8. The number of alkyl carbamates (subject to hydrolysis) is 1. The second kappa shape index (κ2) is 18.3. The Hall–Kier alpha value is -4.61. The van der Waals surface area contributed by atoms with Crippen molar-refractivity contribution in [3.8, 4) is 5.75 Å². The predicted octanol–water partition coefficient (Wildman–Crippen LogP) is 3.49. The number of carbonyl (C=O) groups excluding carboxylic acids is 5. The number of hydrogen-bond donors (Lipinski definition) is 3. The van der Waals surface area contributed by atoms with Gasteiger partial charge < -0.3 is 34.9 Å². The largest absolute Gasteiger partial charge is 0.481 e. The van der Waals surface area contributed by atoms with Crippen LogP contribution in [0.25, 0.3) is 0 Å². The first-order chi connectivity index (χ1) is 21.4. The van der Waals surface area contributed by atoms with Crippen LogP contribution in [0.15, 0.2) is 48.5 Å². The zero-order chi connectivity index (χ0) is 33.4. The van der Waals surface area contributed by atoms with E-state index < -0.39 is 54.1 Å². The Morgan fingerprint density at radius 3 is 2.09 bits per heavy atom. The SMILES string of the molecule is CCCCCNC(=O)[C@H](Cc1ccc(OCC(=O)OC)c(C(=O)OC)c1)NC(=O)[C@H](Cc1ccccc1)NC(=O)OC(C)(C)C. The molecular formula is C33H45N3O9. The molecule has 45 heavy (non-hydrogen) atoms. The van der Waals surface area contributed by atoms with Crippen molar-refractivity contribution in [3.63, 3.8) is 0 Å². The van der Waals surface area contributed by atoms with Gasteiger partial charge >= 0.3 is 18.0 Å². The fourth-order valence-corrected chi connectivity index (χ4v) is 4.23. The first-order valence-electron chi connectivity index (χ1n) is 14.9. The maximum Gasteiger partial charge on any atom is 0.408 e. The number of benzene rings is 2. The summed E-state index contributed by atoms with van der Waals surface area (Å²) in [5.41, 5.74) is 0.540. The fraction of sp³-hybridized carbons (Fsp3) is 0.485. The molecule has 0 saturated heterocycles. The molecule has 0 unspecified atom stereocenters. The van der Waals surface area contributed by atoms with Crippen LogP contribution in [-0.2, 0) is 41.4 Å². The van der Waals surface area contributed by atoms with Crippen molar-refractivity contribution in [1.82, 2.24) is 16.0 Å². The van der Waals surface area contributed by atoms with Crippen LogP contribution in [-0.4, -0.2) is 74.9 Å². The van der Waals surface area contributed by atoms with Gasteiger partial charge in [-0.3, -0.25) is 9.59 Å². The number of rotatable bonds is 16. The molecule has 0 aliphatic rings. The number of unbranched alkanes of at least 4 members (excludes halogenated alkanes) is 2. The molecule has 0 bridgehead atoms. The molecule has 12 nitrogen and oxygen atoms in total. The minimum absolute atomic E-state index is 0.00286. The standard InChI is InChI=1S/C33H45N3O9/c1-7-8-12-17-34-29(38)25(20-23-15-16-27(44-21-28(37)42-5)24(18-23)31(40)43-6)35-30(39)26(19-22-13-10-9-11-14-22)36-32(41)45-33(2,3)4/h9-11,13-16,18,25-26H,7-8,12,17,19-21H2,1-6H3,(H,34,38)(H,35,39)(H,36,41)/t25-,26-/m0/s1. The van der Waals surface area contributed by atoms with E-state index in [0.717, 1.165) is 24.8 Å². The van der Waals surface area contributed by atoms with Gasteiger partial charge in [0.15, 0.2) is 6.61 Å². The van der Waals surface area contributed by atoms with Gasteiger partial charge in [-0.15, -0.1) is 0 Å². The third-order valence-corrected chi connectivity index (χ3v) is 6.46. The van der Waals surface area contributed by atoms with Gasteiger partial charge in [0.05, 0.1) is 14.2 Å². The minimum atomic E-state index is -1.06. The molecule has 0 radical (unpaired) electrons. The number of methoxy groups -OCH3 is 2. The van der Waals surface area contributed by atoms with Crippen molar-refractivity contribution in [1.29, 1.82) is 0 Å². The van der Waals surface area contributed by atoms with Crippen molar-refractivity contribution in [2.24, 2.45) is 0 Å².